The van der Waals surface area contributed by atoms with E-state index in [2.05, 4.69) is 5.32 Å². The highest BCUT2D eigenvalue weighted by molar-refractivity contribution is 8.00. The number of aromatic nitrogens is 2. The lowest BCUT2D eigenvalue weighted by Crippen LogP contribution is -2.42. The van der Waals surface area contributed by atoms with Crippen molar-refractivity contribution in [3.63, 3.8) is 0 Å². The molecule has 4 aromatic rings. The van der Waals surface area contributed by atoms with Gasteiger partial charge in [0, 0.05) is 42.0 Å². The number of nitrogens with one attached hydrogen (secondary N) is 1. The Morgan fingerprint density at radius 2 is 1.69 bits per heavy atom. The molecule has 3 aromatic carbocycles. The van der Waals surface area contributed by atoms with Crippen molar-refractivity contribution >= 4 is 41.0 Å². The average molecular weight is 651 g/mol. The minimum Gasteiger partial charge on any atom is -0.497 e. The number of thioether (sulfide) groups is 1. The summed E-state index contributed by atoms with van der Waals surface area (Å²) in [6.45, 7) is 0.749. The topological polar surface area (TPSA) is 104 Å². The fraction of sp³-hybridized carbons (Fsp3) is 0.303. The molecule has 1 atom stereocenters. The molecular formula is C33H35ClN4O6S. The lowest BCUT2D eigenvalue weighted by atomic mass is 9.98. The molecule has 12 heteroatoms. The normalized spacial score (nSPS) is 14.5. The molecule has 1 N–H and O–H groups in total. The molecule has 5 rings (SSSR count). The second-order valence-electron chi connectivity index (χ2n) is 10.2. The average Bonchev–Trinajstić information content (AvgIpc) is 3.39. The largest absolute Gasteiger partial charge is 0.497 e. The second-order valence-corrected chi connectivity index (χ2v) is 11.7. The molecule has 236 valence electrons. The van der Waals surface area contributed by atoms with E-state index in [4.69, 9.17) is 35.6 Å². The van der Waals surface area contributed by atoms with Crippen LogP contribution in [0.4, 0.5) is 5.82 Å². The molecule has 45 heavy (non-hydrogen) atoms. The first-order valence-corrected chi connectivity index (χ1v) is 15.7. The van der Waals surface area contributed by atoms with E-state index >= 15 is 0 Å². The molecule has 1 aliphatic heterocycles. The number of hydrogen-bond acceptors (Lipinski definition) is 8. The maximum absolute atomic E-state index is 14.0. The highest BCUT2D eigenvalue weighted by atomic mass is 35.5. The quantitative estimate of drug-likeness (QED) is 0.199. The zero-order valence-corrected chi connectivity index (χ0v) is 27.1. The Morgan fingerprint density at radius 3 is 2.36 bits per heavy atom. The SMILES string of the molecule is COCCCNC(=O)CN1C(=O)CS[C@@H](c2cc(OC)ccc2OC)c2c(-c3ccc(Cl)cc3)nn(-c3ccc(OC)cc3)c21. The first-order chi connectivity index (χ1) is 21.9. The number of nitrogens with zero attached hydrogens (tertiary/aromatic N) is 3. The van der Waals surface area contributed by atoms with Gasteiger partial charge in [-0.15, -0.1) is 11.8 Å². The molecule has 2 heterocycles. The van der Waals surface area contributed by atoms with Crippen LogP contribution in [0.25, 0.3) is 16.9 Å². The van der Waals surface area contributed by atoms with Gasteiger partial charge in [0.2, 0.25) is 11.8 Å². The third-order valence-corrected chi connectivity index (χ3v) is 8.88. The van der Waals surface area contributed by atoms with Gasteiger partial charge in [0.05, 0.1) is 43.7 Å². The van der Waals surface area contributed by atoms with E-state index in [0.717, 1.165) is 16.7 Å². The zero-order chi connectivity index (χ0) is 31.9. The number of fused-ring (bicyclic) bond motifs is 1. The molecule has 0 saturated carbocycles. The van der Waals surface area contributed by atoms with Crippen LogP contribution in [-0.4, -0.2) is 75.5 Å². The minimum atomic E-state index is -0.415. The van der Waals surface area contributed by atoms with E-state index in [1.165, 1.54) is 16.7 Å². The highest BCUT2D eigenvalue weighted by Gasteiger charge is 2.39. The number of halogens is 1. The molecule has 0 fully saturated rings. The molecule has 1 aromatic heterocycles. The fourth-order valence-corrected chi connectivity index (χ4v) is 6.52. The van der Waals surface area contributed by atoms with Crippen molar-refractivity contribution in [3.05, 3.63) is 82.9 Å². The van der Waals surface area contributed by atoms with Gasteiger partial charge in [0.15, 0.2) is 0 Å². The van der Waals surface area contributed by atoms with Gasteiger partial charge in [0.25, 0.3) is 0 Å². The number of carbonyl (C=O) groups excluding carboxylic acids is 2. The standard InChI is InChI=1S/C33H35ClN4O6S/c1-41-17-5-16-35-28(39)19-37-29(40)20-45-32(26-18-25(43-3)14-15-27(26)44-4)30-31(21-6-8-22(34)9-7-21)36-38(33(30)37)23-10-12-24(42-2)13-11-23/h6-15,18,32H,5,16-17,19-20H2,1-4H3,(H,35,39)/t32-/m0/s1. The van der Waals surface area contributed by atoms with E-state index < -0.39 is 5.25 Å². The Kier molecular flexibility index (Phi) is 10.5. The van der Waals surface area contributed by atoms with Crippen molar-refractivity contribution in [3.8, 4) is 34.2 Å². The maximum atomic E-state index is 14.0. The Hall–Kier alpha value is -4.19. The van der Waals surface area contributed by atoms with Gasteiger partial charge in [-0.25, -0.2) is 4.68 Å². The summed E-state index contributed by atoms with van der Waals surface area (Å²) in [5, 5.41) is 8.20. The third-order valence-electron chi connectivity index (χ3n) is 7.39. The van der Waals surface area contributed by atoms with Crippen LogP contribution in [0, 0.1) is 0 Å². The Balaban J connectivity index is 1.76. The van der Waals surface area contributed by atoms with E-state index in [9.17, 15) is 9.59 Å². The fourth-order valence-electron chi connectivity index (χ4n) is 5.18. The summed E-state index contributed by atoms with van der Waals surface area (Å²) in [5.74, 6) is 2.04. The van der Waals surface area contributed by atoms with E-state index in [0.29, 0.717) is 59.0 Å². The summed E-state index contributed by atoms with van der Waals surface area (Å²) in [6.07, 6.45) is 0.652. The number of benzene rings is 3. The minimum absolute atomic E-state index is 0.110. The molecule has 0 unspecified atom stereocenters. The van der Waals surface area contributed by atoms with Crippen LogP contribution in [0.1, 0.15) is 22.8 Å². The number of carbonyl (C=O) groups is 2. The summed E-state index contributed by atoms with van der Waals surface area (Å²) < 4.78 is 23.6. The van der Waals surface area contributed by atoms with Crippen molar-refractivity contribution in [2.75, 3.05) is 58.8 Å². The lowest BCUT2D eigenvalue weighted by molar-refractivity contribution is -0.122. The number of anilines is 1. The number of amides is 2. The van der Waals surface area contributed by atoms with E-state index in [1.54, 1.807) is 45.3 Å². The van der Waals surface area contributed by atoms with Gasteiger partial charge in [-0.05, 0) is 61.0 Å². The molecule has 10 nitrogen and oxygen atoms in total. The molecule has 2 amide bonds. The summed E-state index contributed by atoms with van der Waals surface area (Å²) in [6, 6.07) is 20.4. The number of methoxy groups -OCH3 is 4. The van der Waals surface area contributed by atoms with Gasteiger partial charge in [-0.3, -0.25) is 14.5 Å². The van der Waals surface area contributed by atoms with Gasteiger partial charge in [-0.1, -0.05) is 23.7 Å². The Labute approximate surface area is 271 Å². The van der Waals surface area contributed by atoms with Crippen LogP contribution in [0.2, 0.25) is 5.02 Å². The number of rotatable bonds is 12. The predicted octanol–water partition coefficient (Wildman–Crippen LogP) is 5.54. The Morgan fingerprint density at radius 1 is 0.978 bits per heavy atom. The van der Waals surface area contributed by atoms with Gasteiger partial charge in [-0.2, -0.15) is 5.10 Å². The van der Waals surface area contributed by atoms with Gasteiger partial charge >= 0.3 is 0 Å². The van der Waals surface area contributed by atoms with E-state index in [-0.39, 0.29) is 24.1 Å². The molecule has 0 spiro atoms. The summed E-state index contributed by atoms with van der Waals surface area (Å²) in [4.78, 5) is 28.8. The number of hydrogen-bond donors (Lipinski definition) is 1. The molecule has 0 aliphatic carbocycles. The summed E-state index contributed by atoms with van der Waals surface area (Å²) in [7, 11) is 6.43. The third kappa shape index (κ3) is 7.06. The Bertz CT molecular complexity index is 1640. The molecule has 0 bridgehead atoms. The monoisotopic (exact) mass is 650 g/mol. The second kappa shape index (κ2) is 14.7. The van der Waals surface area contributed by atoms with Crippen LogP contribution >= 0.6 is 23.4 Å². The lowest BCUT2D eigenvalue weighted by Gasteiger charge is -2.24. The predicted molar refractivity (Wildman–Crippen MR) is 176 cm³/mol. The van der Waals surface area contributed by atoms with Crippen molar-refractivity contribution in [2.45, 2.75) is 11.7 Å². The van der Waals surface area contributed by atoms with Crippen LogP contribution in [-0.2, 0) is 14.3 Å². The van der Waals surface area contributed by atoms with Crippen LogP contribution in [0.5, 0.6) is 17.2 Å². The van der Waals surface area contributed by atoms with Crippen molar-refractivity contribution in [1.82, 2.24) is 15.1 Å². The zero-order valence-electron chi connectivity index (χ0n) is 25.5. The first-order valence-electron chi connectivity index (χ1n) is 14.3. The smallest absolute Gasteiger partial charge is 0.240 e. The van der Waals surface area contributed by atoms with Gasteiger partial charge < -0.3 is 24.3 Å². The van der Waals surface area contributed by atoms with Crippen LogP contribution in [0.3, 0.4) is 0 Å². The first kappa shape index (κ1) is 32.2. The van der Waals surface area contributed by atoms with Crippen LogP contribution in [0.15, 0.2) is 66.7 Å². The van der Waals surface area contributed by atoms with Gasteiger partial charge in [0.1, 0.15) is 29.6 Å². The molecular weight excluding hydrogens is 616 g/mol. The van der Waals surface area contributed by atoms with Crippen molar-refractivity contribution in [2.24, 2.45) is 0 Å². The maximum Gasteiger partial charge on any atom is 0.240 e. The molecule has 0 radical (unpaired) electrons. The van der Waals surface area contributed by atoms with Crippen molar-refractivity contribution < 1.29 is 28.5 Å². The summed E-state index contributed by atoms with van der Waals surface area (Å²) in [5.41, 5.74) is 3.69. The van der Waals surface area contributed by atoms with Crippen LogP contribution < -0.4 is 24.4 Å². The highest BCUT2D eigenvalue weighted by Crippen LogP contribution is 2.51. The summed E-state index contributed by atoms with van der Waals surface area (Å²) >= 11 is 7.72. The molecule has 0 saturated heterocycles. The van der Waals surface area contributed by atoms with E-state index in [1.807, 2.05) is 54.6 Å². The number of ether oxygens (including phenoxy) is 4. The molecule has 1 aliphatic rings. The van der Waals surface area contributed by atoms with Crippen molar-refractivity contribution in [1.29, 1.82) is 0 Å².